The van der Waals surface area contributed by atoms with Crippen molar-refractivity contribution in [3.8, 4) is 11.3 Å². The third-order valence-electron chi connectivity index (χ3n) is 3.39. The van der Waals surface area contributed by atoms with Gasteiger partial charge < -0.3 is 5.32 Å². The Morgan fingerprint density at radius 1 is 1.18 bits per heavy atom. The molecular formula is C17H14FN3O. The van der Waals surface area contributed by atoms with Crippen LogP contribution in [0.4, 0.5) is 10.1 Å². The van der Waals surface area contributed by atoms with Crippen LogP contribution in [0.5, 0.6) is 0 Å². The number of aromatic nitrogens is 2. The standard InChI is InChI=1S/C17H14FN3O/c1-10-7-15(12-3-5-19-6-4-12)21-16-9-14(18)17(8-13(10)16)20-11(2)22/h3-9H,1-2H3,(H,20,22). The lowest BCUT2D eigenvalue weighted by Crippen LogP contribution is -2.07. The molecule has 0 saturated carbocycles. The molecule has 110 valence electrons. The van der Waals surface area contributed by atoms with Gasteiger partial charge in [-0.15, -0.1) is 0 Å². The Balaban J connectivity index is 2.17. The Hall–Kier alpha value is -2.82. The van der Waals surface area contributed by atoms with Crippen molar-refractivity contribution in [2.45, 2.75) is 13.8 Å². The largest absolute Gasteiger partial charge is 0.324 e. The van der Waals surface area contributed by atoms with Crippen molar-refractivity contribution in [1.82, 2.24) is 9.97 Å². The Bertz CT molecular complexity index is 863. The lowest BCUT2D eigenvalue weighted by molar-refractivity contribution is -0.114. The van der Waals surface area contributed by atoms with Crippen molar-refractivity contribution in [2.75, 3.05) is 5.32 Å². The van der Waals surface area contributed by atoms with Crippen molar-refractivity contribution in [2.24, 2.45) is 0 Å². The number of hydrogen-bond acceptors (Lipinski definition) is 3. The van der Waals surface area contributed by atoms with Crippen molar-refractivity contribution >= 4 is 22.5 Å². The maximum Gasteiger partial charge on any atom is 0.221 e. The van der Waals surface area contributed by atoms with E-state index in [-0.39, 0.29) is 11.6 Å². The zero-order valence-electron chi connectivity index (χ0n) is 12.2. The molecule has 2 heterocycles. The van der Waals surface area contributed by atoms with E-state index in [1.165, 1.54) is 13.0 Å². The van der Waals surface area contributed by atoms with E-state index < -0.39 is 5.82 Å². The highest BCUT2D eigenvalue weighted by molar-refractivity contribution is 5.94. The molecular weight excluding hydrogens is 281 g/mol. The molecule has 0 bridgehead atoms. The first kappa shape index (κ1) is 14.1. The van der Waals surface area contributed by atoms with Crippen molar-refractivity contribution in [1.29, 1.82) is 0 Å². The second-order valence-corrected chi connectivity index (χ2v) is 5.09. The summed E-state index contributed by atoms with van der Waals surface area (Å²) in [5.74, 6) is -0.807. The first-order valence-electron chi connectivity index (χ1n) is 6.83. The minimum absolute atomic E-state index is 0.168. The Morgan fingerprint density at radius 2 is 1.91 bits per heavy atom. The maximum atomic E-state index is 14.1. The van der Waals surface area contributed by atoms with Gasteiger partial charge in [0.15, 0.2) is 0 Å². The number of halogens is 1. The quantitative estimate of drug-likeness (QED) is 0.784. The third-order valence-corrected chi connectivity index (χ3v) is 3.39. The summed E-state index contributed by atoms with van der Waals surface area (Å²) in [7, 11) is 0. The number of fused-ring (bicyclic) bond motifs is 1. The highest BCUT2D eigenvalue weighted by Gasteiger charge is 2.10. The molecule has 4 nitrogen and oxygen atoms in total. The van der Waals surface area contributed by atoms with Crippen LogP contribution in [0.2, 0.25) is 0 Å². The van der Waals surface area contributed by atoms with Gasteiger partial charge in [-0.1, -0.05) is 0 Å². The first-order chi connectivity index (χ1) is 10.5. The van der Waals surface area contributed by atoms with Crippen LogP contribution >= 0.6 is 0 Å². The molecule has 1 aromatic carbocycles. The average Bonchev–Trinajstić information content (AvgIpc) is 2.49. The molecule has 0 spiro atoms. The van der Waals surface area contributed by atoms with Gasteiger partial charge >= 0.3 is 0 Å². The molecule has 0 fully saturated rings. The monoisotopic (exact) mass is 295 g/mol. The summed E-state index contributed by atoms with van der Waals surface area (Å²) in [6, 6.07) is 8.61. The lowest BCUT2D eigenvalue weighted by Gasteiger charge is -2.10. The SMILES string of the molecule is CC(=O)Nc1cc2c(C)cc(-c3ccncc3)nc2cc1F. The second-order valence-electron chi connectivity index (χ2n) is 5.09. The number of nitrogens with one attached hydrogen (secondary N) is 1. The molecule has 3 aromatic rings. The fraction of sp³-hybridized carbons (Fsp3) is 0.118. The molecule has 0 aliphatic rings. The molecule has 1 N–H and O–H groups in total. The highest BCUT2D eigenvalue weighted by atomic mass is 19.1. The van der Waals surface area contributed by atoms with E-state index in [0.29, 0.717) is 5.52 Å². The number of carbonyl (C=O) groups excluding carboxylic acids is 1. The summed E-state index contributed by atoms with van der Waals surface area (Å²) in [5, 5.41) is 3.30. The van der Waals surface area contributed by atoms with Crippen LogP contribution in [-0.2, 0) is 4.79 Å². The molecule has 0 radical (unpaired) electrons. The fourth-order valence-electron chi connectivity index (χ4n) is 2.37. The van der Waals surface area contributed by atoms with E-state index in [1.54, 1.807) is 18.5 Å². The van der Waals surface area contributed by atoms with E-state index >= 15 is 0 Å². The van der Waals surface area contributed by atoms with E-state index in [2.05, 4.69) is 15.3 Å². The molecule has 0 saturated heterocycles. The minimum atomic E-state index is -0.499. The Morgan fingerprint density at radius 3 is 2.59 bits per heavy atom. The van der Waals surface area contributed by atoms with Crippen LogP contribution in [-0.4, -0.2) is 15.9 Å². The third kappa shape index (κ3) is 2.65. The number of carbonyl (C=O) groups is 1. The zero-order valence-corrected chi connectivity index (χ0v) is 12.2. The number of rotatable bonds is 2. The number of pyridine rings is 2. The normalized spacial score (nSPS) is 10.7. The van der Waals surface area contributed by atoms with E-state index in [1.807, 2.05) is 25.1 Å². The van der Waals surface area contributed by atoms with Crippen LogP contribution in [0.15, 0.2) is 42.7 Å². The number of nitrogens with zero attached hydrogens (tertiary/aromatic N) is 2. The molecule has 0 unspecified atom stereocenters. The smallest absolute Gasteiger partial charge is 0.221 e. The van der Waals surface area contributed by atoms with Crippen LogP contribution in [0.1, 0.15) is 12.5 Å². The predicted octanol–water partition coefficient (Wildman–Crippen LogP) is 3.70. The van der Waals surface area contributed by atoms with E-state index in [9.17, 15) is 9.18 Å². The van der Waals surface area contributed by atoms with Crippen LogP contribution in [0.3, 0.4) is 0 Å². The number of benzene rings is 1. The van der Waals surface area contributed by atoms with Crippen molar-refractivity contribution in [3.63, 3.8) is 0 Å². The molecule has 0 aliphatic carbocycles. The zero-order chi connectivity index (χ0) is 15.7. The second kappa shape index (κ2) is 5.52. The van der Waals surface area contributed by atoms with E-state index in [0.717, 1.165) is 22.2 Å². The van der Waals surface area contributed by atoms with Crippen LogP contribution < -0.4 is 5.32 Å². The average molecular weight is 295 g/mol. The summed E-state index contributed by atoms with van der Waals surface area (Å²) in [6.07, 6.45) is 3.38. The highest BCUT2D eigenvalue weighted by Crippen LogP contribution is 2.28. The van der Waals surface area contributed by atoms with Gasteiger partial charge in [-0.05, 0) is 36.8 Å². The van der Waals surface area contributed by atoms with Gasteiger partial charge in [-0.25, -0.2) is 9.37 Å². The Kier molecular flexibility index (Phi) is 3.55. The van der Waals surface area contributed by atoms with Crippen LogP contribution in [0.25, 0.3) is 22.2 Å². The minimum Gasteiger partial charge on any atom is -0.324 e. The fourth-order valence-corrected chi connectivity index (χ4v) is 2.37. The summed E-state index contributed by atoms with van der Waals surface area (Å²) in [4.78, 5) is 19.6. The topological polar surface area (TPSA) is 54.9 Å². The molecule has 1 amide bonds. The summed E-state index contributed by atoms with van der Waals surface area (Å²) < 4.78 is 14.1. The van der Waals surface area contributed by atoms with Gasteiger partial charge in [-0.2, -0.15) is 0 Å². The molecule has 22 heavy (non-hydrogen) atoms. The molecule has 5 heteroatoms. The van der Waals surface area contributed by atoms with Gasteiger partial charge in [0.25, 0.3) is 0 Å². The molecule has 0 aliphatic heterocycles. The van der Waals surface area contributed by atoms with Crippen LogP contribution in [0, 0.1) is 12.7 Å². The number of hydrogen-bond donors (Lipinski definition) is 1. The molecule has 0 atom stereocenters. The molecule has 2 aromatic heterocycles. The maximum absolute atomic E-state index is 14.1. The van der Waals surface area contributed by atoms with Crippen molar-refractivity contribution < 1.29 is 9.18 Å². The number of aryl methyl sites for hydroxylation is 1. The lowest BCUT2D eigenvalue weighted by atomic mass is 10.0. The van der Waals surface area contributed by atoms with Crippen molar-refractivity contribution in [3.05, 3.63) is 54.1 Å². The number of amides is 1. The van der Waals surface area contributed by atoms with Gasteiger partial charge in [0, 0.05) is 36.3 Å². The van der Waals surface area contributed by atoms with Gasteiger partial charge in [-0.3, -0.25) is 9.78 Å². The van der Waals surface area contributed by atoms with Gasteiger partial charge in [0.05, 0.1) is 16.9 Å². The summed E-state index contributed by atoms with van der Waals surface area (Å²) in [6.45, 7) is 3.28. The number of anilines is 1. The Labute approximate surface area is 127 Å². The van der Waals surface area contributed by atoms with Gasteiger partial charge in [0.1, 0.15) is 5.82 Å². The van der Waals surface area contributed by atoms with E-state index in [4.69, 9.17) is 0 Å². The summed E-state index contributed by atoms with van der Waals surface area (Å²) in [5.41, 5.74) is 3.37. The predicted molar refractivity (Wildman–Crippen MR) is 84.0 cm³/mol. The van der Waals surface area contributed by atoms with Gasteiger partial charge in [0.2, 0.25) is 5.91 Å². The summed E-state index contributed by atoms with van der Waals surface area (Å²) >= 11 is 0. The molecule has 3 rings (SSSR count). The first-order valence-corrected chi connectivity index (χ1v) is 6.83.